The molecule has 0 radical (unpaired) electrons. The van der Waals surface area contributed by atoms with Crippen LogP contribution in [0.25, 0.3) is 0 Å². The van der Waals surface area contributed by atoms with Gasteiger partial charge in [-0.2, -0.15) is 0 Å². The van der Waals surface area contributed by atoms with Gasteiger partial charge in [0.1, 0.15) is 5.75 Å². The Morgan fingerprint density at radius 3 is 2.60 bits per heavy atom. The number of carbonyl (C=O) groups is 2. The predicted molar refractivity (Wildman–Crippen MR) is 99.8 cm³/mol. The number of halogens is 1. The number of hydrogen-bond acceptors (Lipinski definition) is 4. The first-order valence-corrected chi connectivity index (χ1v) is 8.64. The third-order valence-electron chi connectivity index (χ3n) is 4.22. The average molecular weight is 370 g/mol. The molecule has 1 unspecified atom stereocenters. The Labute approximate surface area is 155 Å². The molecule has 0 spiro atoms. The minimum Gasteiger partial charge on any atom is -0.483 e. The largest absolute Gasteiger partial charge is 0.483 e. The Balaban J connectivity index is 0.00000312. The summed E-state index contributed by atoms with van der Waals surface area (Å²) in [5, 5.41) is 2.97. The van der Waals surface area contributed by atoms with Crippen molar-refractivity contribution in [2.24, 2.45) is 5.73 Å². The van der Waals surface area contributed by atoms with E-state index in [1.54, 1.807) is 0 Å². The average Bonchev–Trinajstić information content (AvgIpc) is 3.13. The van der Waals surface area contributed by atoms with Crippen LogP contribution in [0.2, 0.25) is 0 Å². The molecule has 7 heteroatoms. The van der Waals surface area contributed by atoms with Crippen molar-refractivity contribution in [3.05, 3.63) is 29.8 Å². The molecule has 0 aromatic heterocycles. The van der Waals surface area contributed by atoms with Gasteiger partial charge in [-0.3, -0.25) is 9.59 Å². The van der Waals surface area contributed by atoms with Gasteiger partial charge in [-0.05, 0) is 25.3 Å². The van der Waals surface area contributed by atoms with Gasteiger partial charge in [-0.15, -0.1) is 12.4 Å². The van der Waals surface area contributed by atoms with Crippen molar-refractivity contribution in [2.45, 2.75) is 38.6 Å². The molecule has 0 bridgehead atoms. The Hall–Kier alpha value is -1.79. The van der Waals surface area contributed by atoms with Gasteiger partial charge < -0.3 is 20.7 Å². The maximum absolute atomic E-state index is 12.1. The first kappa shape index (κ1) is 21.3. The zero-order valence-corrected chi connectivity index (χ0v) is 15.5. The van der Waals surface area contributed by atoms with E-state index in [-0.39, 0.29) is 36.9 Å². The first-order chi connectivity index (χ1) is 11.7. The second-order valence-electron chi connectivity index (χ2n) is 5.98. The van der Waals surface area contributed by atoms with E-state index in [0.29, 0.717) is 18.7 Å². The molecule has 25 heavy (non-hydrogen) atoms. The van der Waals surface area contributed by atoms with Crippen LogP contribution in [0.4, 0.5) is 0 Å². The van der Waals surface area contributed by atoms with Crippen LogP contribution in [0.15, 0.2) is 24.3 Å². The van der Waals surface area contributed by atoms with Crippen molar-refractivity contribution in [3.63, 3.8) is 0 Å². The van der Waals surface area contributed by atoms with Crippen LogP contribution in [0.3, 0.4) is 0 Å². The molecule has 2 rings (SSSR count). The molecule has 0 aliphatic carbocycles. The maximum Gasteiger partial charge on any atom is 0.260 e. The lowest BCUT2D eigenvalue weighted by Gasteiger charge is -2.21. The summed E-state index contributed by atoms with van der Waals surface area (Å²) in [6, 6.07) is 7.38. The number of carbonyl (C=O) groups excluding carboxylic acids is 2. The highest BCUT2D eigenvalue weighted by molar-refractivity contribution is 5.85. The van der Waals surface area contributed by atoms with Crippen LogP contribution in [0.5, 0.6) is 5.75 Å². The fourth-order valence-electron chi connectivity index (χ4n) is 2.89. The van der Waals surface area contributed by atoms with Crippen LogP contribution in [0, 0.1) is 0 Å². The summed E-state index contributed by atoms with van der Waals surface area (Å²) in [5.41, 5.74) is 6.32. The standard InChI is InChI=1S/C18H27N3O3.ClH/c1-2-15(20-17(22)9-10-19)14-7-3-4-8-16(14)24-13-18(23)21-11-5-6-12-21;/h3-4,7-8,15H,2,5-6,9-13,19H2,1H3,(H,20,22);1H. The van der Waals surface area contributed by atoms with E-state index >= 15 is 0 Å². The molecule has 2 amide bonds. The minimum absolute atomic E-state index is 0. The molecule has 3 N–H and O–H groups in total. The van der Waals surface area contributed by atoms with E-state index in [1.165, 1.54) is 0 Å². The highest BCUT2D eigenvalue weighted by Crippen LogP contribution is 2.27. The highest BCUT2D eigenvalue weighted by Gasteiger charge is 2.20. The van der Waals surface area contributed by atoms with Crippen LogP contribution in [-0.2, 0) is 9.59 Å². The number of rotatable bonds is 8. The molecule has 1 heterocycles. The predicted octanol–water partition coefficient (Wildman–Crippen LogP) is 2.03. The van der Waals surface area contributed by atoms with Crippen molar-refractivity contribution in [1.82, 2.24) is 10.2 Å². The molecular formula is C18H28ClN3O3. The van der Waals surface area contributed by atoms with Gasteiger partial charge in [0.05, 0.1) is 6.04 Å². The number of likely N-dealkylation sites (tertiary alicyclic amines) is 1. The van der Waals surface area contributed by atoms with E-state index in [4.69, 9.17) is 10.5 Å². The molecule has 1 aromatic carbocycles. The maximum atomic E-state index is 12.1. The molecule has 1 aliphatic rings. The summed E-state index contributed by atoms with van der Waals surface area (Å²) >= 11 is 0. The van der Waals surface area contributed by atoms with E-state index in [0.717, 1.165) is 37.9 Å². The van der Waals surface area contributed by atoms with Crippen molar-refractivity contribution >= 4 is 24.2 Å². The number of ether oxygens (including phenoxy) is 1. The van der Waals surface area contributed by atoms with E-state index in [9.17, 15) is 9.59 Å². The molecule has 1 aromatic rings. The zero-order chi connectivity index (χ0) is 17.4. The van der Waals surface area contributed by atoms with Crippen LogP contribution in [0.1, 0.15) is 44.2 Å². The zero-order valence-electron chi connectivity index (χ0n) is 14.7. The Morgan fingerprint density at radius 2 is 1.96 bits per heavy atom. The van der Waals surface area contributed by atoms with Crippen LogP contribution in [-0.4, -0.2) is 43.0 Å². The molecule has 1 atom stereocenters. The molecule has 140 valence electrons. The monoisotopic (exact) mass is 369 g/mol. The molecular weight excluding hydrogens is 342 g/mol. The van der Waals surface area contributed by atoms with Crippen molar-refractivity contribution in [2.75, 3.05) is 26.2 Å². The molecule has 0 saturated carbocycles. The van der Waals surface area contributed by atoms with E-state index in [1.807, 2.05) is 36.1 Å². The third kappa shape index (κ3) is 6.21. The van der Waals surface area contributed by atoms with Gasteiger partial charge >= 0.3 is 0 Å². The summed E-state index contributed by atoms with van der Waals surface area (Å²) < 4.78 is 5.77. The normalized spacial score (nSPS) is 14.6. The fraction of sp³-hybridized carbons (Fsp3) is 0.556. The summed E-state index contributed by atoms with van der Waals surface area (Å²) in [7, 11) is 0. The SMILES string of the molecule is CCC(NC(=O)CCN)c1ccccc1OCC(=O)N1CCCC1.Cl. The number of nitrogens with one attached hydrogen (secondary N) is 1. The Morgan fingerprint density at radius 1 is 1.28 bits per heavy atom. The Bertz CT molecular complexity index is 562. The lowest BCUT2D eigenvalue weighted by molar-refractivity contribution is -0.132. The van der Waals surface area contributed by atoms with Gasteiger partial charge in [-0.25, -0.2) is 0 Å². The van der Waals surface area contributed by atoms with Gasteiger partial charge in [-0.1, -0.05) is 25.1 Å². The lowest BCUT2D eigenvalue weighted by atomic mass is 10.0. The lowest BCUT2D eigenvalue weighted by Crippen LogP contribution is -2.33. The van der Waals surface area contributed by atoms with Crippen molar-refractivity contribution < 1.29 is 14.3 Å². The van der Waals surface area contributed by atoms with E-state index < -0.39 is 0 Å². The number of nitrogens with zero attached hydrogens (tertiary/aromatic N) is 1. The summed E-state index contributed by atoms with van der Waals surface area (Å²) in [6.45, 7) is 3.99. The second-order valence-corrected chi connectivity index (χ2v) is 5.98. The van der Waals surface area contributed by atoms with Gasteiger partial charge in [0, 0.05) is 31.6 Å². The smallest absolute Gasteiger partial charge is 0.260 e. The Kier molecular flexibility index (Phi) is 9.31. The van der Waals surface area contributed by atoms with Crippen LogP contribution >= 0.6 is 12.4 Å². The van der Waals surface area contributed by atoms with Crippen LogP contribution < -0.4 is 15.8 Å². The summed E-state index contributed by atoms with van der Waals surface area (Å²) in [6.07, 6.45) is 3.16. The van der Waals surface area contributed by atoms with Crippen molar-refractivity contribution in [3.8, 4) is 5.75 Å². The minimum atomic E-state index is -0.151. The third-order valence-corrected chi connectivity index (χ3v) is 4.22. The first-order valence-electron chi connectivity index (χ1n) is 8.64. The van der Waals surface area contributed by atoms with Crippen molar-refractivity contribution in [1.29, 1.82) is 0 Å². The quantitative estimate of drug-likeness (QED) is 0.734. The number of hydrogen-bond donors (Lipinski definition) is 2. The van der Waals surface area contributed by atoms with E-state index in [2.05, 4.69) is 5.32 Å². The highest BCUT2D eigenvalue weighted by atomic mass is 35.5. The number of nitrogens with two attached hydrogens (primary N) is 1. The summed E-state index contributed by atoms with van der Waals surface area (Å²) in [5.74, 6) is 0.583. The number of benzene rings is 1. The molecule has 6 nitrogen and oxygen atoms in total. The topological polar surface area (TPSA) is 84.7 Å². The van der Waals surface area contributed by atoms with Gasteiger partial charge in [0.2, 0.25) is 5.91 Å². The molecule has 1 saturated heterocycles. The number of amides is 2. The fourth-order valence-corrected chi connectivity index (χ4v) is 2.89. The van der Waals surface area contributed by atoms with Gasteiger partial charge in [0.15, 0.2) is 6.61 Å². The summed E-state index contributed by atoms with van der Waals surface area (Å²) in [4.78, 5) is 25.8. The molecule has 1 aliphatic heterocycles. The molecule has 1 fully saturated rings. The second kappa shape index (κ2) is 10.9. The van der Waals surface area contributed by atoms with Gasteiger partial charge in [0.25, 0.3) is 5.91 Å². The number of para-hydroxylation sites is 1.